The molecule has 0 saturated heterocycles. The fourth-order valence-corrected chi connectivity index (χ4v) is 2.81. The molecule has 5 heteroatoms. The second-order valence-corrected chi connectivity index (χ2v) is 5.68. The van der Waals surface area contributed by atoms with Gasteiger partial charge in [0, 0.05) is 18.6 Å². The molecule has 20 heavy (non-hydrogen) atoms. The molecule has 0 aliphatic heterocycles. The summed E-state index contributed by atoms with van der Waals surface area (Å²) >= 11 is 0. The van der Waals surface area contributed by atoms with Gasteiger partial charge in [-0.2, -0.15) is 13.2 Å². The van der Waals surface area contributed by atoms with Crippen molar-refractivity contribution in [3.63, 3.8) is 0 Å². The number of benzene rings is 1. The maximum atomic E-state index is 12.7. The van der Waals surface area contributed by atoms with Gasteiger partial charge < -0.3 is 5.73 Å². The summed E-state index contributed by atoms with van der Waals surface area (Å²) in [6.45, 7) is 0.545. The van der Waals surface area contributed by atoms with Crippen LogP contribution in [-0.4, -0.2) is 24.0 Å². The van der Waals surface area contributed by atoms with Gasteiger partial charge >= 0.3 is 6.18 Å². The van der Waals surface area contributed by atoms with E-state index in [9.17, 15) is 13.2 Å². The van der Waals surface area contributed by atoms with Crippen LogP contribution >= 0.6 is 0 Å². The highest BCUT2D eigenvalue weighted by Crippen LogP contribution is 2.30. The second-order valence-electron chi connectivity index (χ2n) is 5.68. The predicted octanol–water partition coefficient (Wildman–Crippen LogP) is 3.41. The van der Waals surface area contributed by atoms with Crippen LogP contribution in [0.4, 0.5) is 13.2 Å². The Morgan fingerprint density at radius 1 is 1.20 bits per heavy atom. The first-order chi connectivity index (χ1) is 9.36. The van der Waals surface area contributed by atoms with Gasteiger partial charge in [0.1, 0.15) is 0 Å². The summed E-state index contributed by atoms with van der Waals surface area (Å²) in [6, 6.07) is 6.29. The van der Waals surface area contributed by atoms with E-state index in [1.165, 1.54) is 12.1 Å². The second kappa shape index (κ2) is 6.14. The van der Waals surface area contributed by atoms with Gasteiger partial charge in [0.25, 0.3) is 0 Å². The summed E-state index contributed by atoms with van der Waals surface area (Å²) in [7, 11) is 1.97. The first kappa shape index (κ1) is 15.3. The van der Waals surface area contributed by atoms with Crippen molar-refractivity contribution < 1.29 is 13.2 Å². The Bertz CT molecular complexity index is 437. The Hall–Kier alpha value is -1.07. The molecule has 1 fully saturated rings. The van der Waals surface area contributed by atoms with E-state index in [0.29, 0.717) is 18.2 Å². The summed E-state index contributed by atoms with van der Waals surface area (Å²) in [4.78, 5) is 2.14. The standard InChI is InChI=1S/C15H21F3N2/c1-20(14-7-5-13(19)6-8-14)10-11-3-2-4-12(9-11)15(16,17)18/h2-4,9,13-14H,5-8,10,19H2,1H3. The SMILES string of the molecule is CN(Cc1cccc(C(F)(F)F)c1)C1CCC(N)CC1. The minimum atomic E-state index is -4.27. The minimum absolute atomic E-state index is 0.285. The van der Waals surface area contributed by atoms with Crippen molar-refractivity contribution in [2.75, 3.05) is 7.05 Å². The monoisotopic (exact) mass is 286 g/mol. The smallest absolute Gasteiger partial charge is 0.328 e. The van der Waals surface area contributed by atoms with Crippen molar-refractivity contribution in [3.05, 3.63) is 35.4 Å². The van der Waals surface area contributed by atoms with E-state index in [1.807, 2.05) is 7.05 Å². The van der Waals surface area contributed by atoms with Crippen LogP contribution < -0.4 is 5.73 Å². The van der Waals surface area contributed by atoms with E-state index >= 15 is 0 Å². The van der Waals surface area contributed by atoms with Crippen LogP contribution in [0, 0.1) is 0 Å². The van der Waals surface area contributed by atoms with E-state index in [0.717, 1.165) is 31.7 Å². The van der Waals surface area contributed by atoms with Crippen LogP contribution in [-0.2, 0) is 12.7 Å². The maximum absolute atomic E-state index is 12.7. The highest BCUT2D eigenvalue weighted by atomic mass is 19.4. The highest BCUT2D eigenvalue weighted by molar-refractivity contribution is 5.25. The zero-order chi connectivity index (χ0) is 14.8. The summed E-state index contributed by atoms with van der Waals surface area (Å²) in [5.74, 6) is 0. The molecule has 1 aliphatic rings. The Balaban J connectivity index is 1.99. The highest BCUT2D eigenvalue weighted by Gasteiger charge is 2.30. The number of hydrogen-bond acceptors (Lipinski definition) is 2. The summed E-state index contributed by atoms with van der Waals surface area (Å²) in [6.07, 6.45) is -0.228. The Labute approximate surface area is 117 Å². The molecule has 0 heterocycles. The van der Waals surface area contributed by atoms with Crippen LogP contribution in [0.2, 0.25) is 0 Å². The molecule has 2 rings (SSSR count). The molecular formula is C15H21F3N2. The minimum Gasteiger partial charge on any atom is -0.328 e. The van der Waals surface area contributed by atoms with Crippen molar-refractivity contribution >= 4 is 0 Å². The van der Waals surface area contributed by atoms with E-state index in [1.54, 1.807) is 6.07 Å². The molecule has 0 atom stereocenters. The quantitative estimate of drug-likeness (QED) is 0.922. The number of hydrogen-bond donors (Lipinski definition) is 1. The molecule has 0 radical (unpaired) electrons. The van der Waals surface area contributed by atoms with Crippen LogP contribution in [0.25, 0.3) is 0 Å². The molecule has 1 aliphatic carbocycles. The lowest BCUT2D eigenvalue weighted by Crippen LogP contribution is -2.38. The van der Waals surface area contributed by atoms with E-state index in [-0.39, 0.29) is 6.04 Å². The first-order valence-corrected chi connectivity index (χ1v) is 6.98. The van der Waals surface area contributed by atoms with Gasteiger partial charge in [0.05, 0.1) is 5.56 Å². The number of rotatable bonds is 3. The van der Waals surface area contributed by atoms with Crippen molar-refractivity contribution in [1.82, 2.24) is 4.90 Å². The van der Waals surface area contributed by atoms with Gasteiger partial charge in [-0.3, -0.25) is 4.90 Å². The molecule has 112 valence electrons. The lowest BCUT2D eigenvalue weighted by atomic mass is 9.91. The van der Waals surface area contributed by atoms with Crippen LogP contribution in [0.5, 0.6) is 0 Å². The van der Waals surface area contributed by atoms with Crippen LogP contribution in [0.1, 0.15) is 36.8 Å². The Morgan fingerprint density at radius 2 is 1.85 bits per heavy atom. The van der Waals surface area contributed by atoms with Gasteiger partial charge in [-0.05, 0) is 44.4 Å². The molecule has 1 aromatic rings. The zero-order valence-corrected chi connectivity index (χ0v) is 11.7. The van der Waals surface area contributed by atoms with E-state index in [2.05, 4.69) is 4.90 Å². The molecule has 2 nitrogen and oxygen atoms in total. The number of nitrogens with zero attached hydrogens (tertiary/aromatic N) is 1. The largest absolute Gasteiger partial charge is 0.416 e. The average molecular weight is 286 g/mol. The first-order valence-electron chi connectivity index (χ1n) is 6.98. The topological polar surface area (TPSA) is 29.3 Å². The zero-order valence-electron chi connectivity index (χ0n) is 11.7. The third kappa shape index (κ3) is 3.96. The van der Waals surface area contributed by atoms with Gasteiger partial charge in [0.15, 0.2) is 0 Å². The summed E-state index contributed by atoms with van der Waals surface area (Å²) in [5, 5.41) is 0. The third-order valence-electron chi connectivity index (χ3n) is 4.05. The lowest BCUT2D eigenvalue weighted by molar-refractivity contribution is -0.137. The molecule has 0 aromatic heterocycles. The fourth-order valence-electron chi connectivity index (χ4n) is 2.81. The molecule has 0 spiro atoms. The molecular weight excluding hydrogens is 265 g/mol. The van der Waals surface area contributed by atoms with Crippen LogP contribution in [0.15, 0.2) is 24.3 Å². The van der Waals surface area contributed by atoms with E-state index < -0.39 is 11.7 Å². The molecule has 2 N–H and O–H groups in total. The molecule has 0 amide bonds. The number of halogens is 3. The van der Waals surface area contributed by atoms with Crippen molar-refractivity contribution in [1.29, 1.82) is 0 Å². The van der Waals surface area contributed by atoms with Gasteiger partial charge in [-0.1, -0.05) is 18.2 Å². The van der Waals surface area contributed by atoms with Gasteiger partial charge in [-0.25, -0.2) is 0 Å². The fraction of sp³-hybridized carbons (Fsp3) is 0.600. The van der Waals surface area contributed by atoms with Crippen molar-refractivity contribution in [2.45, 2.75) is 50.5 Å². The van der Waals surface area contributed by atoms with Gasteiger partial charge in [-0.15, -0.1) is 0 Å². The Morgan fingerprint density at radius 3 is 2.45 bits per heavy atom. The van der Waals surface area contributed by atoms with Gasteiger partial charge in [0.2, 0.25) is 0 Å². The average Bonchev–Trinajstić information content (AvgIpc) is 2.38. The van der Waals surface area contributed by atoms with Crippen molar-refractivity contribution in [3.8, 4) is 0 Å². The summed E-state index contributed by atoms with van der Waals surface area (Å²) < 4.78 is 38.0. The molecule has 1 aromatic carbocycles. The third-order valence-corrected chi connectivity index (χ3v) is 4.05. The van der Waals surface area contributed by atoms with Crippen LogP contribution in [0.3, 0.4) is 0 Å². The molecule has 1 saturated carbocycles. The van der Waals surface area contributed by atoms with E-state index in [4.69, 9.17) is 5.73 Å². The maximum Gasteiger partial charge on any atom is 0.416 e. The summed E-state index contributed by atoms with van der Waals surface area (Å²) in [5.41, 5.74) is 6.00. The molecule has 0 bridgehead atoms. The predicted molar refractivity (Wildman–Crippen MR) is 73.1 cm³/mol. The number of nitrogens with two attached hydrogens (primary N) is 1. The Kier molecular flexibility index (Phi) is 4.70. The lowest BCUT2D eigenvalue weighted by Gasteiger charge is -2.33. The number of alkyl halides is 3. The normalized spacial score (nSPS) is 24.1. The molecule has 0 unspecified atom stereocenters. The van der Waals surface area contributed by atoms with Crippen molar-refractivity contribution in [2.24, 2.45) is 5.73 Å².